The summed E-state index contributed by atoms with van der Waals surface area (Å²) in [4.78, 5) is 28.1. The first kappa shape index (κ1) is 13.5. The standard InChI is InChI=1S/C15H12BrNO2S/c1-2-10-4-5-11(20-10)8-17-13-6-3-9(16)7-12(13)14(18)15(17)19/h3-7H,2,8H2,1H3. The molecular formula is C15H12BrNO2S. The normalized spacial score (nSPS) is 14.0. The summed E-state index contributed by atoms with van der Waals surface area (Å²) >= 11 is 5.02. The molecule has 2 heterocycles. The lowest BCUT2D eigenvalue weighted by atomic mass is 10.1. The molecule has 0 saturated carbocycles. The van der Waals surface area contributed by atoms with Gasteiger partial charge in [0.1, 0.15) is 0 Å². The smallest absolute Gasteiger partial charge is 0.299 e. The van der Waals surface area contributed by atoms with Crippen LogP contribution in [0.3, 0.4) is 0 Å². The molecule has 1 aromatic carbocycles. The Balaban J connectivity index is 1.95. The number of amides is 1. The van der Waals surface area contributed by atoms with Crippen LogP contribution in [0.1, 0.15) is 27.0 Å². The number of aryl methyl sites for hydroxylation is 1. The van der Waals surface area contributed by atoms with E-state index in [1.54, 1.807) is 22.3 Å². The molecule has 0 N–H and O–H groups in total. The molecule has 0 bridgehead atoms. The van der Waals surface area contributed by atoms with Crippen molar-refractivity contribution in [2.75, 3.05) is 4.90 Å². The van der Waals surface area contributed by atoms with E-state index in [0.717, 1.165) is 15.8 Å². The molecule has 1 aromatic heterocycles. The molecule has 1 aliphatic rings. The van der Waals surface area contributed by atoms with Gasteiger partial charge in [0.15, 0.2) is 0 Å². The quantitative estimate of drug-likeness (QED) is 0.790. The lowest BCUT2D eigenvalue weighted by molar-refractivity contribution is -0.114. The number of hydrogen-bond acceptors (Lipinski definition) is 3. The molecule has 0 spiro atoms. The number of nitrogens with zero attached hydrogens (tertiary/aromatic N) is 1. The van der Waals surface area contributed by atoms with Crippen molar-refractivity contribution in [3.8, 4) is 0 Å². The van der Waals surface area contributed by atoms with E-state index in [2.05, 4.69) is 28.9 Å². The highest BCUT2D eigenvalue weighted by Crippen LogP contribution is 2.33. The Morgan fingerprint density at radius 1 is 1.15 bits per heavy atom. The zero-order chi connectivity index (χ0) is 14.3. The number of hydrogen-bond donors (Lipinski definition) is 0. The fraction of sp³-hybridized carbons (Fsp3) is 0.200. The van der Waals surface area contributed by atoms with Crippen molar-refractivity contribution in [2.45, 2.75) is 19.9 Å². The van der Waals surface area contributed by atoms with E-state index in [0.29, 0.717) is 17.8 Å². The van der Waals surface area contributed by atoms with Crippen LogP contribution in [-0.2, 0) is 17.8 Å². The van der Waals surface area contributed by atoms with E-state index in [1.165, 1.54) is 4.88 Å². The summed E-state index contributed by atoms with van der Waals surface area (Å²) in [5, 5.41) is 0. The van der Waals surface area contributed by atoms with Gasteiger partial charge in [-0.1, -0.05) is 22.9 Å². The zero-order valence-electron chi connectivity index (χ0n) is 10.9. The predicted octanol–water partition coefficient (Wildman–Crippen LogP) is 3.80. The lowest BCUT2D eigenvalue weighted by Crippen LogP contribution is -2.28. The Morgan fingerprint density at radius 3 is 2.60 bits per heavy atom. The number of Topliss-reactive ketones (excluding diaryl/α,β-unsaturated/α-hetero) is 1. The molecule has 102 valence electrons. The molecule has 0 atom stereocenters. The second kappa shape index (κ2) is 5.14. The number of anilines is 1. The molecule has 20 heavy (non-hydrogen) atoms. The second-order valence-corrected chi connectivity index (χ2v) is 6.77. The Hall–Kier alpha value is -1.46. The van der Waals surface area contributed by atoms with Gasteiger partial charge in [-0.05, 0) is 36.8 Å². The van der Waals surface area contributed by atoms with Crippen LogP contribution < -0.4 is 4.90 Å². The van der Waals surface area contributed by atoms with Gasteiger partial charge in [-0.25, -0.2) is 0 Å². The molecule has 2 aromatic rings. The third-order valence-corrected chi connectivity index (χ3v) is 5.02. The van der Waals surface area contributed by atoms with Gasteiger partial charge < -0.3 is 0 Å². The summed E-state index contributed by atoms with van der Waals surface area (Å²) < 4.78 is 0.809. The van der Waals surface area contributed by atoms with Crippen LogP contribution in [0.5, 0.6) is 0 Å². The second-order valence-electron chi connectivity index (χ2n) is 4.60. The number of ketones is 1. The SMILES string of the molecule is CCc1ccc(CN2C(=O)C(=O)c3cc(Br)ccc32)s1. The number of thiophene rings is 1. The van der Waals surface area contributed by atoms with Gasteiger partial charge in [0.2, 0.25) is 0 Å². The molecule has 1 amide bonds. The Morgan fingerprint density at radius 2 is 1.90 bits per heavy atom. The fourth-order valence-corrected chi connectivity index (χ4v) is 3.59. The minimum atomic E-state index is -0.440. The molecule has 3 nitrogen and oxygen atoms in total. The van der Waals surface area contributed by atoms with Crippen LogP contribution in [0.25, 0.3) is 0 Å². The average Bonchev–Trinajstić information content (AvgIpc) is 2.99. The van der Waals surface area contributed by atoms with E-state index < -0.39 is 11.7 Å². The zero-order valence-corrected chi connectivity index (χ0v) is 13.3. The van der Waals surface area contributed by atoms with Crippen LogP contribution in [0.4, 0.5) is 5.69 Å². The summed E-state index contributed by atoms with van der Waals surface area (Å²) in [5.74, 6) is -0.863. The number of rotatable bonds is 3. The van der Waals surface area contributed by atoms with Crippen molar-refractivity contribution in [3.05, 3.63) is 50.1 Å². The van der Waals surface area contributed by atoms with Gasteiger partial charge in [0.25, 0.3) is 11.7 Å². The van der Waals surface area contributed by atoms with E-state index in [4.69, 9.17) is 0 Å². The minimum Gasteiger partial charge on any atom is -0.300 e. The molecule has 0 aliphatic carbocycles. The fourth-order valence-electron chi connectivity index (χ4n) is 2.28. The van der Waals surface area contributed by atoms with Crippen LogP contribution in [0.2, 0.25) is 0 Å². The summed E-state index contributed by atoms with van der Waals surface area (Å²) in [6.07, 6.45) is 0.987. The highest BCUT2D eigenvalue weighted by atomic mass is 79.9. The molecule has 3 rings (SSSR count). The molecule has 0 saturated heterocycles. The summed E-state index contributed by atoms with van der Waals surface area (Å²) in [5.41, 5.74) is 1.19. The number of carbonyl (C=O) groups is 2. The number of fused-ring (bicyclic) bond motifs is 1. The van der Waals surface area contributed by atoms with Crippen molar-refractivity contribution < 1.29 is 9.59 Å². The highest BCUT2D eigenvalue weighted by molar-refractivity contribution is 9.10. The monoisotopic (exact) mass is 349 g/mol. The van der Waals surface area contributed by atoms with Gasteiger partial charge in [-0.3, -0.25) is 14.5 Å². The Bertz CT molecular complexity index is 708. The van der Waals surface area contributed by atoms with Crippen molar-refractivity contribution in [1.29, 1.82) is 0 Å². The van der Waals surface area contributed by atoms with Gasteiger partial charge >= 0.3 is 0 Å². The summed E-state index contributed by atoms with van der Waals surface area (Å²) in [7, 11) is 0. The Labute approximate surface area is 129 Å². The van der Waals surface area contributed by atoms with Crippen molar-refractivity contribution >= 4 is 44.6 Å². The maximum atomic E-state index is 12.1. The Kier molecular flexibility index (Phi) is 3.48. The van der Waals surface area contributed by atoms with Crippen LogP contribution in [-0.4, -0.2) is 11.7 Å². The van der Waals surface area contributed by atoms with E-state index in [1.807, 2.05) is 18.2 Å². The topological polar surface area (TPSA) is 37.4 Å². The first-order valence-corrected chi connectivity index (χ1v) is 7.94. The van der Waals surface area contributed by atoms with Gasteiger partial charge in [-0.15, -0.1) is 11.3 Å². The number of halogens is 1. The van der Waals surface area contributed by atoms with Crippen LogP contribution in [0.15, 0.2) is 34.8 Å². The van der Waals surface area contributed by atoms with E-state index in [9.17, 15) is 9.59 Å². The predicted molar refractivity (Wildman–Crippen MR) is 83.4 cm³/mol. The molecule has 5 heteroatoms. The summed E-state index contributed by atoms with van der Waals surface area (Å²) in [6.45, 7) is 2.57. The largest absolute Gasteiger partial charge is 0.300 e. The number of carbonyl (C=O) groups excluding carboxylic acids is 2. The average molecular weight is 350 g/mol. The van der Waals surface area contributed by atoms with Gasteiger partial charge in [-0.2, -0.15) is 0 Å². The molecular weight excluding hydrogens is 338 g/mol. The van der Waals surface area contributed by atoms with Crippen LogP contribution >= 0.6 is 27.3 Å². The highest BCUT2D eigenvalue weighted by Gasteiger charge is 2.35. The van der Waals surface area contributed by atoms with Gasteiger partial charge in [0, 0.05) is 14.2 Å². The molecule has 0 fully saturated rings. The first-order valence-electron chi connectivity index (χ1n) is 6.33. The maximum Gasteiger partial charge on any atom is 0.299 e. The van der Waals surface area contributed by atoms with Gasteiger partial charge in [0.05, 0.1) is 17.8 Å². The molecule has 0 unspecified atom stereocenters. The summed E-state index contributed by atoms with van der Waals surface area (Å²) in [6, 6.07) is 9.48. The van der Waals surface area contributed by atoms with Crippen LogP contribution in [0, 0.1) is 0 Å². The van der Waals surface area contributed by atoms with E-state index >= 15 is 0 Å². The minimum absolute atomic E-state index is 0.423. The van der Waals surface area contributed by atoms with Crippen molar-refractivity contribution in [3.63, 3.8) is 0 Å². The molecule has 1 aliphatic heterocycles. The first-order chi connectivity index (χ1) is 9.60. The van der Waals surface area contributed by atoms with Crippen molar-refractivity contribution in [1.82, 2.24) is 0 Å². The van der Waals surface area contributed by atoms with Crippen molar-refractivity contribution in [2.24, 2.45) is 0 Å². The lowest BCUT2D eigenvalue weighted by Gasteiger charge is -2.15. The maximum absolute atomic E-state index is 12.1. The third-order valence-electron chi connectivity index (χ3n) is 3.31. The molecule has 0 radical (unpaired) electrons. The third kappa shape index (κ3) is 2.21. The van der Waals surface area contributed by atoms with E-state index in [-0.39, 0.29) is 0 Å². The number of benzene rings is 1.